The van der Waals surface area contributed by atoms with Crippen LogP contribution >= 0.6 is 0 Å². The Kier molecular flexibility index (Phi) is 6.79. The lowest BCUT2D eigenvalue weighted by Crippen LogP contribution is -2.24. The summed E-state index contributed by atoms with van der Waals surface area (Å²) < 4.78 is 5.62. The molecular formula is C23H26N4O2. The summed E-state index contributed by atoms with van der Waals surface area (Å²) in [5, 5.41) is 2.87. The van der Waals surface area contributed by atoms with Gasteiger partial charge < -0.3 is 15.0 Å². The summed E-state index contributed by atoms with van der Waals surface area (Å²) in [5.41, 5.74) is 2.19. The van der Waals surface area contributed by atoms with Crippen LogP contribution in [0.2, 0.25) is 0 Å². The maximum absolute atomic E-state index is 12.6. The quantitative estimate of drug-likeness (QED) is 0.611. The second kappa shape index (κ2) is 9.68. The van der Waals surface area contributed by atoms with Gasteiger partial charge in [0.2, 0.25) is 0 Å². The molecule has 1 aromatic heterocycles. The number of carbonyl (C=O) groups excluding carboxylic acids is 1. The van der Waals surface area contributed by atoms with Crippen LogP contribution in [-0.2, 0) is 6.54 Å². The second-order valence-electron chi connectivity index (χ2n) is 6.91. The monoisotopic (exact) mass is 390 g/mol. The fourth-order valence-electron chi connectivity index (χ4n) is 2.89. The molecule has 0 unspecified atom stereocenters. The van der Waals surface area contributed by atoms with Crippen LogP contribution in [-0.4, -0.2) is 28.5 Å². The van der Waals surface area contributed by atoms with Gasteiger partial charge in [0.15, 0.2) is 0 Å². The molecule has 6 heteroatoms. The Bertz CT molecular complexity index is 927. The summed E-state index contributed by atoms with van der Waals surface area (Å²) in [7, 11) is 0. The van der Waals surface area contributed by atoms with Crippen molar-refractivity contribution in [2.75, 3.05) is 16.8 Å². The highest BCUT2D eigenvalue weighted by Crippen LogP contribution is 2.19. The molecule has 1 N–H and O–H groups in total. The third-order valence-electron chi connectivity index (χ3n) is 4.29. The molecule has 150 valence electrons. The number of rotatable bonds is 8. The summed E-state index contributed by atoms with van der Waals surface area (Å²) in [6, 6.07) is 19.2. The molecule has 0 aliphatic carbocycles. The van der Waals surface area contributed by atoms with E-state index in [1.165, 1.54) is 11.9 Å². The van der Waals surface area contributed by atoms with Crippen LogP contribution in [0.3, 0.4) is 0 Å². The van der Waals surface area contributed by atoms with E-state index in [1.807, 2.05) is 56.3 Å². The van der Waals surface area contributed by atoms with E-state index >= 15 is 0 Å². The third-order valence-corrected chi connectivity index (χ3v) is 4.29. The molecule has 0 saturated carbocycles. The van der Waals surface area contributed by atoms with E-state index in [4.69, 9.17) is 4.74 Å². The van der Waals surface area contributed by atoms with Crippen molar-refractivity contribution >= 4 is 17.4 Å². The molecule has 3 rings (SSSR count). The largest absolute Gasteiger partial charge is 0.491 e. The third kappa shape index (κ3) is 5.78. The number of anilines is 2. The molecule has 0 spiro atoms. The lowest BCUT2D eigenvalue weighted by atomic mass is 10.2. The molecule has 1 heterocycles. The van der Waals surface area contributed by atoms with Crippen molar-refractivity contribution in [1.82, 2.24) is 9.97 Å². The smallest absolute Gasteiger partial charge is 0.274 e. The number of hydrogen-bond acceptors (Lipinski definition) is 5. The van der Waals surface area contributed by atoms with Crippen LogP contribution in [0, 0.1) is 0 Å². The van der Waals surface area contributed by atoms with Gasteiger partial charge in [0.05, 0.1) is 6.10 Å². The highest BCUT2D eigenvalue weighted by molar-refractivity contribution is 6.03. The van der Waals surface area contributed by atoms with Gasteiger partial charge in [-0.1, -0.05) is 30.3 Å². The fourth-order valence-corrected chi connectivity index (χ4v) is 2.89. The van der Waals surface area contributed by atoms with E-state index in [0.29, 0.717) is 17.9 Å². The molecule has 0 radical (unpaired) electrons. The van der Waals surface area contributed by atoms with Gasteiger partial charge in [-0.3, -0.25) is 4.79 Å². The predicted molar refractivity (Wildman–Crippen MR) is 115 cm³/mol. The van der Waals surface area contributed by atoms with Crippen molar-refractivity contribution in [3.63, 3.8) is 0 Å². The highest BCUT2D eigenvalue weighted by Gasteiger charge is 2.13. The SMILES string of the molecule is CCN(Cc1ccccc1)c1cc(C(=O)Nc2ccc(OC(C)C)cc2)ncn1. The number of amides is 1. The first-order valence-electron chi connectivity index (χ1n) is 9.74. The lowest BCUT2D eigenvalue weighted by molar-refractivity contribution is 0.102. The zero-order chi connectivity index (χ0) is 20.6. The normalized spacial score (nSPS) is 10.6. The molecule has 0 saturated heterocycles. The molecule has 0 fully saturated rings. The maximum atomic E-state index is 12.6. The highest BCUT2D eigenvalue weighted by atomic mass is 16.5. The Morgan fingerprint density at radius 3 is 2.45 bits per heavy atom. The minimum Gasteiger partial charge on any atom is -0.491 e. The van der Waals surface area contributed by atoms with Gasteiger partial charge in [-0.05, 0) is 50.6 Å². The number of nitrogens with one attached hydrogen (secondary N) is 1. The zero-order valence-electron chi connectivity index (χ0n) is 17.0. The van der Waals surface area contributed by atoms with Crippen LogP contribution in [0.15, 0.2) is 67.0 Å². The minimum absolute atomic E-state index is 0.104. The van der Waals surface area contributed by atoms with Crippen LogP contribution in [0.5, 0.6) is 5.75 Å². The molecule has 6 nitrogen and oxygen atoms in total. The Labute approximate surface area is 171 Å². The van der Waals surface area contributed by atoms with Gasteiger partial charge in [0.1, 0.15) is 23.6 Å². The number of benzene rings is 2. The number of nitrogens with zero attached hydrogens (tertiary/aromatic N) is 3. The van der Waals surface area contributed by atoms with Crippen molar-refractivity contribution in [3.8, 4) is 5.75 Å². The van der Waals surface area contributed by atoms with Crippen LogP contribution in [0.1, 0.15) is 36.8 Å². The van der Waals surface area contributed by atoms with Crippen molar-refractivity contribution in [3.05, 3.63) is 78.2 Å². The Morgan fingerprint density at radius 2 is 1.79 bits per heavy atom. The van der Waals surface area contributed by atoms with E-state index < -0.39 is 0 Å². The standard InChI is InChI=1S/C23H26N4O2/c1-4-27(15-18-8-6-5-7-9-18)22-14-21(24-16-25-22)23(28)26-19-10-12-20(13-11-19)29-17(2)3/h5-14,16-17H,4,15H2,1-3H3,(H,26,28). The summed E-state index contributed by atoms with van der Waals surface area (Å²) in [4.78, 5) is 23.2. The van der Waals surface area contributed by atoms with E-state index in [-0.39, 0.29) is 12.0 Å². The number of carbonyl (C=O) groups is 1. The Morgan fingerprint density at radius 1 is 1.07 bits per heavy atom. The number of ether oxygens (including phenoxy) is 1. The fraction of sp³-hybridized carbons (Fsp3) is 0.261. The first-order valence-corrected chi connectivity index (χ1v) is 9.74. The molecule has 29 heavy (non-hydrogen) atoms. The molecule has 0 aliphatic rings. The van der Waals surface area contributed by atoms with Crippen molar-refractivity contribution < 1.29 is 9.53 Å². The molecule has 3 aromatic rings. The summed E-state index contributed by atoms with van der Waals surface area (Å²) in [6.07, 6.45) is 1.53. The van der Waals surface area contributed by atoms with Gasteiger partial charge in [-0.2, -0.15) is 0 Å². The lowest BCUT2D eigenvalue weighted by Gasteiger charge is -2.22. The van der Waals surface area contributed by atoms with Crippen LogP contribution < -0.4 is 15.0 Å². The Balaban J connectivity index is 1.70. The van der Waals surface area contributed by atoms with Crippen LogP contribution in [0.25, 0.3) is 0 Å². The molecule has 2 aromatic carbocycles. The van der Waals surface area contributed by atoms with E-state index in [1.54, 1.807) is 6.07 Å². The summed E-state index contributed by atoms with van der Waals surface area (Å²) in [6.45, 7) is 7.49. The van der Waals surface area contributed by atoms with E-state index in [0.717, 1.165) is 18.1 Å². The molecule has 0 bridgehead atoms. The van der Waals surface area contributed by atoms with E-state index in [9.17, 15) is 4.79 Å². The average molecular weight is 390 g/mol. The molecular weight excluding hydrogens is 364 g/mol. The van der Waals surface area contributed by atoms with Crippen molar-refractivity contribution in [2.24, 2.45) is 0 Å². The summed E-state index contributed by atoms with van der Waals surface area (Å²) >= 11 is 0. The summed E-state index contributed by atoms with van der Waals surface area (Å²) in [5.74, 6) is 1.21. The Hall–Kier alpha value is -3.41. The number of hydrogen-bond donors (Lipinski definition) is 1. The average Bonchev–Trinajstić information content (AvgIpc) is 2.74. The molecule has 0 atom stereocenters. The molecule has 0 aliphatic heterocycles. The maximum Gasteiger partial charge on any atom is 0.274 e. The first kappa shape index (κ1) is 20.3. The van der Waals surface area contributed by atoms with Gasteiger partial charge in [0.25, 0.3) is 5.91 Å². The second-order valence-corrected chi connectivity index (χ2v) is 6.91. The molecule has 1 amide bonds. The first-order chi connectivity index (χ1) is 14.0. The van der Waals surface area contributed by atoms with Gasteiger partial charge >= 0.3 is 0 Å². The zero-order valence-corrected chi connectivity index (χ0v) is 17.0. The number of aromatic nitrogens is 2. The van der Waals surface area contributed by atoms with E-state index in [2.05, 4.69) is 39.2 Å². The van der Waals surface area contributed by atoms with Crippen LogP contribution in [0.4, 0.5) is 11.5 Å². The minimum atomic E-state index is -0.276. The van der Waals surface area contributed by atoms with Gasteiger partial charge in [-0.15, -0.1) is 0 Å². The van der Waals surface area contributed by atoms with Gasteiger partial charge in [0, 0.05) is 24.8 Å². The van der Waals surface area contributed by atoms with Crippen molar-refractivity contribution in [2.45, 2.75) is 33.4 Å². The predicted octanol–water partition coefficient (Wildman–Crippen LogP) is 4.54. The van der Waals surface area contributed by atoms with Crippen molar-refractivity contribution in [1.29, 1.82) is 0 Å². The van der Waals surface area contributed by atoms with Gasteiger partial charge in [-0.25, -0.2) is 9.97 Å². The topological polar surface area (TPSA) is 67.4 Å².